The summed E-state index contributed by atoms with van der Waals surface area (Å²) in [4.78, 5) is 13.0. The topological polar surface area (TPSA) is 76.9 Å². The lowest BCUT2D eigenvalue weighted by Gasteiger charge is -1.90. The first-order chi connectivity index (χ1) is 6.24. The third-order valence-corrected chi connectivity index (χ3v) is 1.28. The lowest BCUT2D eigenvalue weighted by atomic mass is 10.2. The minimum atomic E-state index is -0.550. The van der Waals surface area contributed by atoms with E-state index in [9.17, 15) is 4.79 Å². The van der Waals surface area contributed by atoms with E-state index < -0.39 is 5.56 Å². The summed E-state index contributed by atoms with van der Waals surface area (Å²) in [6.07, 6.45) is 1.51. The summed E-state index contributed by atoms with van der Waals surface area (Å²) in [5.41, 5.74) is -0.0711. The second-order valence-electron chi connectivity index (χ2n) is 2.24. The number of hydrogen-bond acceptors (Lipinski definition) is 3. The Labute approximate surface area is 74.5 Å². The van der Waals surface area contributed by atoms with Crippen molar-refractivity contribution in [2.45, 2.75) is 6.42 Å². The maximum Gasteiger partial charge on any atom is 0.290 e. The molecule has 1 heterocycles. The normalized spacial score (nSPS) is 8.23. The van der Waals surface area contributed by atoms with Crippen LogP contribution in [0.25, 0.3) is 0 Å². The van der Waals surface area contributed by atoms with Gasteiger partial charge in [-0.2, -0.15) is 5.26 Å². The van der Waals surface area contributed by atoms with E-state index in [1.165, 1.54) is 12.3 Å². The Morgan fingerprint density at radius 3 is 3.00 bits per heavy atom. The number of nitriles is 1. The number of nitrogens with one attached hydrogen (secondary N) is 1. The van der Waals surface area contributed by atoms with Gasteiger partial charge in [0.25, 0.3) is 5.56 Å². The maximum atomic E-state index is 10.7. The van der Waals surface area contributed by atoms with Crippen LogP contribution in [0.3, 0.4) is 0 Å². The van der Waals surface area contributed by atoms with Crippen LogP contribution >= 0.6 is 0 Å². The highest BCUT2D eigenvalue weighted by Crippen LogP contribution is 2.01. The minimum absolute atomic E-state index is 0.125. The van der Waals surface area contributed by atoms with Crippen molar-refractivity contribution >= 4 is 0 Å². The summed E-state index contributed by atoms with van der Waals surface area (Å²) >= 11 is 0. The Hall–Kier alpha value is -2.20. The highest BCUT2D eigenvalue weighted by Gasteiger charge is 1.95. The van der Waals surface area contributed by atoms with E-state index in [1.54, 1.807) is 0 Å². The molecule has 0 atom stereocenters. The lowest BCUT2D eigenvalue weighted by molar-refractivity contribution is 0.466. The van der Waals surface area contributed by atoms with Gasteiger partial charge in [0, 0.05) is 17.8 Å². The predicted octanol–water partition coefficient (Wildman–Crippen LogP) is 0.346. The molecular weight excluding hydrogens is 168 g/mol. The maximum absolute atomic E-state index is 10.7. The Kier molecular flexibility index (Phi) is 2.73. The fraction of sp³-hybridized carbons (Fsp3) is 0.111. The summed E-state index contributed by atoms with van der Waals surface area (Å²) in [7, 11) is 0. The van der Waals surface area contributed by atoms with Crippen LogP contribution < -0.4 is 5.56 Å². The molecule has 4 heteroatoms. The molecule has 1 aromatic rings. The highest BCUT2D eigenvalue weighted by atomic mass is 16.3. The van der Waals surface area contributed by atoms with E-state index in [0.717, 1.165) is 0 Å². The number of nitrogens with zero attached hydrogens (tertiary/aromatic N) is 1. The Bertz CT molecular complexity index is 457. The van der Waals surface area contributed by atoms with Gasteiger partial charge in [0.05, 0.1) is 12.5 Å². The van der Waals surface area contributed by atoms with Gasteiger partial charge in [-0.3, -0.25) is 4.79 Å². The predicted molar refractivity (Wildman–Crippen MR) is 45.8 cm³/mol. The fourth-order valence-electron chi connectivity index (χ4n) is 0.730. The zero-order chi connectivity index (χ0) is 9.68. The summed E-state index contributed by atoms with van der Waals surface area (Å²) in [6, 6.07) is 3.11. The number of H-pyrrole nitrogens is 1. The van der Waals surface area contributed by atoms with Crippen LogP contribution in [0.2, 0.25) is 0 Å². The smallest absolute Gasteiger partial charge is 0.290 e. The van der Waals surface area contributed by atoms with Gasteiger partial charge in [0.1, 0.15) is 0 Å². The first-order valence-electron chi connectivity index (χ1n) is 3.51. The molecule has 1 rings (SSSR count). The molecule has 0 saturated heterocycles. The van der Waals surface area contributed by atoms with Crippen molar-refractivity contribution in [2.75, 3.05) is 0 Å². The second-order valence-corrected chi connectivity index (χ2v) is 2.24. The summed E-state index contributed by atoms with van der Waals surface area (Å²) in [5, 5.41) is 17.2. The van der Waals surface area contributed by atoms with Crippen LogP contribution in [0, 0.1) is 23.2 Å². The molecule has 0 aliphatic heterocycles. The number of rotatable bonds is 0. The van der Waals surface area contributed by atoms with Gasteiger partial charge in [-0.15, -0.1) is 0 Å². The quantitative estimate of drug-likeness (QED) is 0.557. The molecule has 64 valence electrons. The van der Waals surface area contributed by atoms with Gasteiger partial charge in [0.2, 0.25) is 0 Å². The average Bonchev–Trinajstić information content (AvgIpc) is 2.12. The molecule has 0 aliphatic rings. The number of aromatic nitrogens is 1. The Morgan fingerprint density at radius 2 is 2.38 bits per heavy atom. The average molecular weight is 174 g/mol. The molecule has 2 N–H and O–H groups in total. The van der Waals surface area contributed by atoms with Crippen molar-refractivity contribution in [1.29, 1.82) is 5.26 Å². The van der Waals surface area contributed by atoms with E-state index in [1.807, 2.05) is 6.07 Å². The van der Waals surface area contributed by atoms with Crippen molar-refractivity contribution in [1.82, 2.24) is 4.98 Å². The van der Waals surface area contributed by atoms with Gasteiger partial charge in [0.15, 0.2) is 5.75 Å². The van der Waals surface area contributed by atoms with Crippen LogP contribution in [-0.2, 0) is 0 Å². The SMILES string of the molecule is N#CCC#Cc1c[nH]c(=O)c(O)c1. The summed E-state index contributed by atoms with van der Waals surface area (Å²) in [5.74, 6) is 4.79. The second kappa shape index (κ2) is 3.99. The van der Waals surface area contributed by atoms with Crippen molar-refractivity contribution in [3.8, 4) is 23.7 Å². The van der Waals surface area contributed by atoms with Crippen molar-refractivity contribution in [3.63, 3.8) is 0 Å². The molecule has 0 saturated carbocycles. The Balaban J connectivity index is 2.95. The first kappa shape index (κ1) is 8.89. The molecule has 0 unspecified atom stereocenters. The molecule has 1 aromatic heterocycles. The van der Waals surface area contributed by atoms with Crippen LogP contribution in [0.1, 0.15) is 12.0 Å². The third-order valence-electron chi connectivity index (χ3n) is 1.28. The van der Waals surface area contributed by atoms with E-state index in [4.69, 9.17) is 10.4 Å². The Morgan fingerprint density at radius 1 is 1.62 bits per heavy atom. The van der Waals surface area contributed by atoms with Gasteiger partial charge < -0.3 is 10.1 Å². The van der Waals surface area contributed by atoms with E-state index in [2.05, 4.69) is 16.8 Å². The zero-order valence-electron chi connectivity index (χ0n) is 6.66. The van der Waals surface area contributed by atoms with Gasteiger partial charge >= 0.3 is 0 Å². The van der Waals surface area contributed by atoms with Crippen LogP contribution in [0.5, 0.6) is 5.75 Å². The molecule has 0 aromatic carbocycles. The molecular formula is C9H6N2O2. The third kappa shape index (κ3) is 2.39. The molecule has 0 spiro atoms. The first-order valence-corrected chi connectivity index (χ1v) is 3.51. The zero-order valence-corrected chi connectivity index (χ0v) is 6.66. The van der Waals surface area contributed by atoms with Crippen LogP contribution in [0.4, 0.5) is 0 Å². The summed E-state index contributed by atoms with van der Waals surface area (Å²) < 4.78 is 0. The fourth-order valence-corrected chi connectivity index (χ4v) is 0.730. The van der Waals surface area contributed by atoms with Crippen molar-refractivity contribution < 1.29 is 5.11 Å². The largest absolute Gasteiger partial charge is 0.503 e. The highest BCUT2D eigenvalue weighted by molar-refractivity contribution is 5.36. The van der Waals surface area contributed by atoms with E-state index in [-0.39, 0.29) is 12.2 Å². The minimum Gasteiger partial charge on any atom is -0.503 e. The van der Waals surface area contributed by atoms with Gasteiger partial charge in [-0.1, -0.05) is 11.8 Å². The van der Waals surface area contributed by atoms with E-state index >= 15 is 0 Å². The number of pyridine rings is 1. The molecule has 0 amide bonds. The van der Waals surface area contributed by atoms with Crippen molar-refractivity contribution in [2.24, 2.45) is 0 Å². The van der Waals surface area contributed by atoms with E-state index in [0.29, 0.717) is 5.56 Å². The van der Waals surface area contributed by atoms with Crippen LogP contribution in [-0.4, -0.2) is 10.1 Å². The molecule has 0 bridgehead atoms. The molecule has 13 heavy (non-hydrogen) atoms. The number of aromatic amines is 1. The number of aromatic hydroxyl groups is 1. The summed E-state index contributed by atoms with van der Waals surface area (Å²) in [6.45, 7) is 0. The van der Waals surface area contributed by atoms with Gasteiger partial charge in [-0.05, 0) is 0 Å². The standard InChI is InChI=1S/C9H6N2O2/c10-4-2-1-3-7-5-8(12)9(13)11-6-7/h5-6,12H,2H2,(H,11,13). The molecule has 4 nitrogen and oxygen atoms in total. The number of hydrogen-bond donors (Lipinski definition) is 2. The molecule has 0 radical (unpaired) electrons. The molecule has 0 fully saturated rings. The van der Waals surface area contributed by atoms with Crippen LogP contribution in [0.15, 0.2) is 17.1 Å². The monoisotopic (exact) mass is 174 g/mol. The van der Waals surface area contributed by atoms with Gasteiger partial charge in [-0.25, -0.2) is 0 Å². The lowest BCUT2D eigenvalue weighted by Crippen LogP contribution is -2.03. The molecule has 0 aliphatic carbocycles. The van der Waals surface area contributed by atoms with Crippen molar-refractivity contribution in [3.05, 3.63) is 28.2 Å².